The maximum Gasteiger partial charge on any atom is 0.244 e. The molecule has 0 radical (unpaired) electrons. The van der Waals surface area contributed by atoms with Crippen LogP contribution >= 0.6 is 23.2 Å². The Morgan fingerprint density at radius 2 is 1.84 bits per heavy atom. The number of aromatic nitrogens is 1. The molecule has 0 N–H and O–H groups in total. The normalized spacial score (nSPS) is 24.6. The average Bonchev–Trinajstić information content (AvgIpc) is 2.81. The number of hydrogen-bond donors (Lipinski definition) is 0. The van der Waals surface area contributed by atoms with Crippen molar-refractivity contribution in [1.29, 1.82) is 0 Å². The minimum atomic E-state index is -4.32. The molecule has 3 atom stereocenters. The van der Waals surface area contributed by atoms with Gasteiger partial charge in [-0.05, 0) is 49.6 Å². The van der Waals surface area contributed by atoms with Gasteiger partial charge in [-0.1, -0.05) is 29.3 Å². The van der Waals surface area contributed by atoms with Crippen molar-refractivity contribution in [2.24, 2.45) is 5.92 Å². The van der Waals surface area contributed by atoms with E-state index in [9.17, 15) is 22.0 Å². The van der Waals surface area contributed by atoms with Crippen molar-refractivity contribution in [2.75, 3.05) is 6.54 Å². The minimum absolute atomic E-state index is 0.0307. The quantitative estimate of drug-likeness (QED) is 0.612. The number of piperidine rings is 1. The predicted molar refractivity (Wildman–Crippen MR) is 116 cm³/mol. The molecule has 3 unspecified atom stereocenters. The first-order valence-corrected chi connectivity index (χ1v) is 12.3. The molecule has 2 aliphatic rings. The van der Waals surface area contributed by atoms with Crippen molar-refractivity contribution in [3.63, 3.8) is 0 Å². The number of nitrogens with zero attached hydrogens (tertiary/aromatic N) is 3. The molecule has 2 bridgehead atoms. The van der Waals surface area contributed by atoms with Gasteiger partial charge < -0.3 is 4.90 Å². The predicted octanol–water partition coefficient (Wildman–Crippen LogP) is 4.22. The summed E-state index contributed by atoms with van der Waals surface area (Å²) in [7, 11) is -4.32. The van der Waals surface area contributed by atoms with E-state index in [4.69, 9.17) is 23.2 Å². The van der Waals surface area contributed by atoms with Crippen LogP contribution in [-0.2, 0) is 21.4 Å². The highest BCUT2D eigenvalue weighted by atomic mass is 35.5. The number of alkyl halides is 2. The highest BCUT2D eigenvalue weighted by Crippen LogP contribution is 2.40. The third-order valence-electron chi connectivity index (χ3n) is 5.95. The molecule has 1 aromatic carbocycles. The van der Waals surface area contributed by atoms with Gasteiger partial charge in [0.25, 0.3) is 0 Å². The molecular formula is C21H21Cl2F2N3O3S. The average molecular weight is 504 g/mol. The number of carbonyl (C=O) groups excluding carboxylic acids is 1. The van der Waals surface area contributed by atoms with Gasteiger partial charge in [-0.25, -0.2) is 17.2 Å². The smallest absolute Gasteiger partial charge is 0.244 e. The van der Waals surface area contributed by atoms with Crippen LogP contribution in [0.3, 0.4) is 0 Å². The van der Waals surface area contributed by atoms with Gasteiger partial charge >= 0.3 is 0 Å². The summed E-state index contributed by atoms with van der Waals surface area (Å²) in [6, 6.07) is 6.88. The summed E-state index contributed by atoms with van der Waals surface area (Å²) in [4.78, 5) is 18.7. The van der Waals surface area contributed by atoms with Gasteiger partial charge in [-0.2, -0.15) is 4.31 Å². The van der Waals surface area contributed by atoms with Crippen molar-refractivity contribution < 1.29 is 22.0 Å². The second-order valence-corrected chi connectivity index (χ2v) is 10.7. The second-order valence-electron chi connectivity index (χ2n) is 7.99. The molecule has 1 amide bonds. The minimum Gasteiger partial charge on any atom is -0.335 e. The Morgan fingerprint density at radius 1 is 1.12 bits per heavy atom. The first kappa shape index (κ1) is 23.4. The van der Waals surface area contributed by atoms with Gasteiger partial charge in [0.05, 0.1) is 23.1 Å². The Balaban J connectivity index is 1.78. The fourth-order valence-electron chi connectivity index (χ4n) is 4.54. The van der Waals surface area contributed by atoms with Gasteiger partial charge in [0, 0.05) is 28.8 Å². The standard InChI is InChI=1S/C21H21Cl2F2N3O3S/c22-13-8-14(23)10-16(9-13)32(30,31)28-18-5-3-6-19(28)21(29)27(12-17(18)20(24)25)11-15-4-1-2-7-26-15/h1-2,4,7-10,17-20H,3,5-6,11-12H2. The van der Waals surface area contributed by atoms with Crippen molar-refractivity contribution in [1.82, 2.24) is 14.2 Å². The summed E-state index contributed by atoms with van der Waals surface area (Å²) in [5.41, 5.74) is 0.543. The van der Waals surface area contributed by atoms with Gasteiger partial charge in [0.15, 0.2) is 0 Å². The molecule has 11 heteroatoms. The van der Waals surface area contributed by atoms with Crippen LogP contribution in [0.1, 0.15) is 25.0 Å². The Bertz CT molecular complexity index is 1080. The molecule has 2 aliphatic heterocycles. The van der Waals surface area contributed by atoms with E-state index >= 15 is 0 Å². The fourth-order valence-corrected chi connectivity index (χ4v) is 7.14. The van der Waals surface area contributed by atoms with Crippen LogP contribution in [0.15, 0.2) is 47.5 Å². The molecular weight excluding hydrogens is 483 g/mol. The number of amides is 1. The second kappa shape index (κ2) is 9.21. The van der Waals surface area contributed by atoms with E-state index in [0.29, 0.717) is 12.1 Å². The molecule has 2 saturated heterocycles. The van der Waals surface area contributed by atoms with Gasteiger partial charge in [0.1, 0.15) is 6.04 Å². The molecule has 4 rings (SSSR count). The van der Waals surface area contributed by atoms with E-state index in [0.717, 1.165) is 4.31 Å². The molecule has 0 saturated carbocycles. The topological polar surface area (TPSA) is 70.6 Å². The van der Waals surface area contributed by atoms with Gasteiger partial charge in [-0.15, -0.1) is 0 Å². The summed E-state index contributed by atoms with van der Waals surface area (Å²) in [6.07, 6.45) is -0.289. The number of sulfonamides is 1. The highest BCUT2D eigenvalue weighted by molar-refractivity contribution is 7.89. The Morgan fingerprint density at radius 3 is 2.47 bits per heavy atom. The first-order valence-electron chi connectivity index (χ1n) is 10.1. The molecule has 32 heavy (non-hydrogen) atoms. The van der Waals surface area contributed by atoms with Gasteiger partial charge in [-0.3, -0.25) is 9.78 Å². The molecule has 1 aromatic heterocycles. The van der Waals surface area contributed by atoms with Crippen molar-refractivity contribution >= 4 is 39.1 Å². The van der Waals surface area contributed by atoms with Crippen LogP contribution in [0, 0.1) is 5.92 Å². The van der Waals surface area contributed by atoms with Crippen LogP contribution in [0.4, 0.5) is 8.78 Å². The van der Waals surface area contributed by atoms with Crippen molar-refractivity contribution in [3.05, 3.63) is 58.3 Å². The number of fused-ring (bicyclic) bond motifs is 2. The number of benzene rings is 1. The Hall–Kier alpha value is -1.81. The third-order valence-corrected chi connectivity index (χ3v) is 8.30. The zero-order chi connectivity index (χ0) is 23.0. The number of halogens is 4. The van der Waals surface area contributed by atoms with Crippen molar-refractivity contribution in [2.45, 2.75) is 49.2 Å². The maximum atomic E-state index is 14.2. The van der Waals surface area contributed by atoms with Crippen LogP contribution in [0.5, 0.6) is 0 Å². The van der Waals surface area contributed by atoms with Crippen molar-refractivity contribution in [3.8, 4) is 0 Å². The zero-order valence-corrected chi connectivity index (χ0v) is 19.2. The summed E-state index contributed by atoms with van der Waals surface area (Å²) < 4.78 is 56.6. The zero-order valence-electron chi connectivity index (χ0n) is 16.9. The third kappa shape index (κ3) is 4.48. The molecule has 3 heterocycles. The Kier molecular flexibility index (Phi) is 6.72. The molecule has 172 valence electrons. The van der Waals surface area contributed by atoms with E-state index in [1.54, 1.807) is 24.4 Å². The molecule has 0 aliphatic carbocycles. The van der Waals surface area contributed by atoms with Gasteiger partial charge in [0.2, 0.25) is 22.4 Å². The van der Waals surface area contributed by atoms with E-state index in [2.05, 4.69) is 4.98 Å². The summed E-state index contributed by atoms with van der Waals surface area (Å²) in [6.45, 7) is -0.223. The SMILES string of the molecule is O=C1C2CCCC(C(C(F)F)CN1Cc1ccccn1)N2S(=O)(=O)c1cc(Cl)cc(Cl)c1. The van der Waals surface area contributed by atoms with E-state index < -0.39 is 40.4 Å². The van der Waals surface area contributed by atoms with E-state index in [1.165, 1.54) is 23.1 Å². The lowest BCUT2D eigenvalue weighted by Crippen LogP contribution is -2.55. The number of hydrogen-bond acceptors (Lipinski definition) is 4. The summed E-state index contributed by atoms with van der Waals surface area (Å²) >= 11 is 12.0. The monoisotopic (exact) mass is 503 g/mol. The van der Waals surface area contributed by atoms with Crippen LogP contribution < -0.4 is 0 Å². The molecule has 2 fully saturated rings. The largest absolute Gasteiger partial charge is 0.335 e. The number of pyridine rings is 1. The maximum absolute atomic E-state index is 14.2. The van der Waals surface area contributed by atoms with E-state index in [1.807, 2.05) is 0 Å². The highest BCUT2D eigenvalue weighted by Gasteiger charge is 2.52. The lowest BCUT2D eigenvalue weighted by atomic mass is 9.90. The molecule has 0 spiro atoms. The Labute approximate surface area is 195 Å². The lowest BCUT2D eigenvalue weighted by Gasteiger charge is -2.40. The summed E-state index contributed by atoms with van der Waals surface area (Å²) in [5, 5.41) is 0.203. The summed E-state index contributed by atoms with van der Waals surface area (Å²) in [5.74, 6) is -1.84. The number of rotatable bonds is 5. The first-order chi connectivity index (χ1) is 15.2. The van der Waals surface area contributed by atoms with Crippen LogP contribution in [0.2, 0.25) is 10.0 Å². The van der Waals surface area contributed by atoms with Crippen LogP contribution in [-0.4, -0.2) is 53.6 Å². The fraction of sp³-hybridized carbons (Fsp3) is 0.429. The molecule has 6 nitrogen and oxygen atoms in total. The van der Waals surface area contributed by atoms with E-state index in [-0.39, 0.29) is 40.9 Å². The number of carbonyl (C=O) groups is 1. The molecule has 2 aromatic rings. The van der Waals surface area contributed by atoms with Crippen LogP contribution in [0.25, 0.3) is 0 Å². The lowest BCUT2D eigenvalue weighted by molar-refractivity contribution is -0.135.